The van der Waals surface area contributed by atoms with Crippen molar-refractivity contribution in [2.24, 2.45) is 0 Å². The highest BCUT2D eigenvalue weighted by Gasteiger charge is 2.04. The maximum Gasteiger partial charge on any atom is 0.246 e. The molecule has 2 aromatic rings. The molecular formula is C14H14FN3O2. The summed E-state index contributed by atoms with van der Waals surface area (Å²) in [5.74, 6) is -0.510. The minimum atomic E-state index is -0.296. The lowest BCUT2D eigenvalue weighted by Crippen LogP contribution is -2.26. The Morgan fingerprint density at radius 3 is 2.75 bits per heavy atom. The first-order chi connectivity index (χ1) is 9.69. The van der Waals surface area contributed by atoms with E-state index < -0.39 is 0 Å². The van der Waals surface area contributed by atoms with Crippen molar-refractivity contribution >= 4 is 5.91 Å². The zero-order valence-corrected chi connectivity index (χ0v) is 11.0. The van der Waals surface area contributed by atoms with E-state index in [0.29, 0.717) is 17.9 Å². The Morgan fingerprint density at radius 2 is 2.05 bits per heavy atom. The number of ether oxygens (including phenoxy) is 1. The van der Waals surface area contributed by atoms with Gasteiger partial charge in [0, 0.05) is 12.7 Å². The fourth-order valence-corrected chi connectivity index (χ4v) is 1.64. The Morgan fingerprint density at radius 1 is 1.30 bits per heavy atom. The highest BCUT2D eigenvalue weighted by atomic mass is 19.1. The minimum Gasteiger partial charge on any atom is -0.375 e. The van der Waals surface area contributed by atoms with E-state index in [4.69, 9.17) is 4.74 Å². The molecule has 0 spiro atoms. The van der Waals surface area contributed by atoms with Crippen LogP contribution >= 0.6 is 0 Å². The molecule has 1 amide bonds. The van der Waals surface area contributed by atoms with E-state index in [9.17, 15) is 9.18 Å². The third kappa shape index (κ3) is 3.83. The molecule has 104 valence electrons. The van der Waals surface area contributed by atoms with Crippen LogP contribution in [0.25, 0.3) is 11.3 Å². The van der Waals surface area contributed by atoms with Crippen LogP contribution < -0.4 is 5.32 Å². The van der Waals surface area contributed by atoms with Crippen molar-refractivity contribution in [3.8, 4) is 11.3 Å². The van der Waals surface area contributed by atoms with Crippen LogP contribution in [0.4, 0.5) is 4.39 Å². The number of hydrogen-bond donors (Lipinski definition) is 1. The molecule has 0 atom stereocenters. The summed E-state index contributed by atoms with van der Waals surface area (Å²) in [5.41, 5.74) is 2.14. The molecule has 0 aliphatic carbocycles. The summed E-state index contributed by atoms with van der Waals surface area (Å²) >= 11 is 0. The SMILES string of the molecule is COCC(=O)NCc1cc(-c2ccc(F)cc2)ncn1. The van der Waals surface area contributed by atoms with E-state index in [2.05, 4.69) is 15.3 Å². The lowest BCUT2D eigenvalue weighted by molar-refractivity contribution is -0.124. The summed E-state index contributed by atoms with van der Waals surface area (Å²) in [6.07, 6.45) is 1.41. The average molecular weight is 275 g/mol. The van der Waals surface area contributed by atoms with Gasteiger partial charge in [-0.25, -0.2) is 14.4 Å². The first kappa shape index (κ1) is 14.1. The second-order valence-corrected chi connectivity index (χ2v) is 4.11. The molecule has 0 unspecified atom stereocenters. The van der Waals surface area contributed by atoms with Crippen LogP contribution in [0.2, 0.25) is 0 Å². The third-order valence-corrected chi connectivity index (χ3v) is 2.61. The highest BCUT2D eigenvalue weighted by Crippen LogP contribution is 2.17. The van der Waals surface area contributed by atoms with Crippen LogP contribution in [0.1, 0.15) is 5.69 Å². The molecule has 1 aromatic carbocycles. The summed E-state index contributed by atoms with van der Waals surface area (Å²) in [6.45, 7) is 0.300. The van der Waals surface area contributed by atoms with Crippen LogP contribution in [-0.4, -0.2) is 29.6 Å². The van der Waals surface area contributed by atoms with Gasteiger partial charge in [-0.15, -0.1) is 0 Å². The number of rotatable bonds is 5. The Hall–Kier alpha value is -2.34. The van der Waals surface area contributed by atoms with Crippen molar-refractivity contribution in [1.29, 1.82) is 0 Å². The van der Waals surface area contributed by atoms with Gasteiger partial charge in [0.15, 0.2) is 0 Å². The first-order valence-corrected chi connectivity index (χ1v) is 6.01. The van der Waals surface area contributed by atoms with Crippen LogP contribution in [0.5, 0.6) is 0 Å². The van der Waals surface area contributed by atoms with E-state index in [1.165, 1.54) is 25.6 Å². The zero-order valence-electron chi connectivity index (χ0n) is 11.0. The highest BCUT2D eigenvalue weighted by molar-refractivity contribution is 5.77. The van der Waals surface area contributed by atoms with Crippen molar-refractivity contribution in [3.63, 3.8) is 0 Å². The monoisotopic (exact) mass is 275 g/mol. The summed E-state index contributed by atoms with van der Waals surface area (Å²) in [7, 11) is 1.46. The summed E-state index contributed by atoms with van der Waals surface area (Å²) in [5, 5.41) is 2.67. The summed E-state index contributed by atoms with van der Waals surface area (Å²) in [4.78, 5) is 19.5. The second-order valence-electron chi connectivity index (χ2n) is 4.11. The van der Waals surface area contributed by atoms with Crippen LogP contribution in [0.15, 0.2) is 36.7 Å². The maximum atomic E-state index is 12.9. The fourth-order valence-electron chi connectivity index (χ4n) is 1.64. The van der Waals surface area contributed by atoms with Gasteiger partial charge in [0.25, 0.3) is 0 Å². The summed E-state index contributed by atoms with van der Waals surface area (Å²) < 4.78 is 17.6. The minimum absolute atomic E-state index is 0.00982. The van der Waals surface area contributed by atoms with Crippen LogP contribution in [-0.2, 0) is 16.1 Å². The number of aromatic nitrogens is 2. The smallest absolute Gasteiger partial charge is 0.246 e. The van der Waals surface area contributed by atoms with E-state index in [0.717, 1.165) is 5.56 Å². The van der Waals surface area contributed by atoms with Crippen LogP contribution in [0, 0.1) is 5.82 Å². The molecule has 0 bridgehead atoms. The molecule has 2 rings (SSSR count). The number of amides is 1. The maximum absolute atomic E-state index is 12.9. The molecule has 0 fully saturated rings. The first-order valence-electron chi connectivity index (χ1n) is 6.01. The van der Waals surface area contributed by atoms with E-state index in [1.807, 2.05) is 0 Å². The van der Waals surface area contributed by atoms with Crippen molar-refractivity contribution in [2.75, 3.05) is 13.7 Å². The zero-order chi connectivity index (χ0) is 14.4. The third-order valence-electron chi connectivity index (χ3n) is 2.61. The van der Waals surface area contributed by atoms with Gasteiger partial charge in [-0.1, -0.05) is 0 Å². The number of hydrogen-bond acceptors (Lipinski definition) is 4. The van der Waals surface area contributed by atoms with Crippen LogP contribution in [0.3, 0.4) is 0 Å². The lowest BCUT2D eigenvalue weighted by Gasteiger charge is -2.06. The molecule has 6 heteroatoms. The van der Waals surface area contributed by atoms with Gasteiger partial charge in [-0.05, 0) is 30.3 Å². The van der Waals surface area contributed by atoms with Gasteiger partial charge in [-0.2, -0.15) is 0 Å². The van der Waals surface area contributed by atoms with Gasteiger partial charge in [0.1, 0.15) is 18.8 Å². The Bertz CT molecular complexity index is 587. The Kier molecular flexibility index (Phi) is 4.73. The normalized spacial score (nSPS) is 10.3. The molecule has 0 radical (unpaired) electrons. The summed E-state index contributed by atoms with van der Waals surface area (Å²) in [6, 6.07) is 7.78. The van der Waals surface area contributed by atoms with Gasteiger partial charge in [0.05, 0.1) is 17.9 Å². The largest absolute Gasteiger partial charge is 0.375 e. The Labute approximate surface area is 115 Å². The number of halogens is 1. The quantitative estimate of drug-likeness (QED) is 0.899. The predicted octanol–water partition coefficient (Wildman–Crippen LogP) is 1.55. The van der Waals surface area contributed by atoms with E-state index in [1.54, 1.807) is 18.2 Å². The molecule has 0 saturated carbocycles. The number of nitrogens with zero attached hydrogens (tertiary/aromatic N) is 2. The van der Waals surface area contributed by atoms with Gasteiger partial charge < -0.3 is 10.1 Å². The number of nitrogens with one attached hydrogen (secondary N) is 1. The van der Waals surface area contributed by atoms with E-state index in [-0.39, 0.29) is 18.3 Å². The molecule has 1 aromatic heterocycles. The molecule has 5 nitrogen and oxygen atoms in total. The molecule has 0 aliphatic rings. The van der Waals surface area contributed by atoms with Gasteiger partial charge >= 0.3 is 0 Å². The second kappa shape index (κ2) is 6.72. The van der Waals surface area contributed by atoms with Crippen molar-refractivity contribution in [1.82, 2.24) is 15.3 Å². The molecule has 0 aliphatic heterocycles. The van der Waals surface area contributed by atoms with Gasteiger partial charge in [0.2, 0.25) is 5.91 Å². The number of benzene rings is 1. The molecule has 1 heterocycles. The van der Waals surface area contributed by atoms with Crippen molar-refractivity contribution in [3.05, 3.63) is 48.2 Å². The Balaban J connectivity index is 2.08. The number of carbonyl (C=O) groups is 1. The van der Waals surface area contributed by atoms with Crippen molar-refractivity contribution in [2.45, 2.75) is 6.54 Å². The topological polar surface area (TPSA) is 64.1 Å². The molecule has 1 N–H and O–H groups in total. The number of methoxy groups -OCH3 is 1. The molecule has 20 heavy (non-hydrogen) atoms. The molecular weight excluding hydrogens is 261 g/mol. The lowest BCUT2D eigenvalue weighted by atomic mass is 10.1. The van der Waals surface area contributed by atoms with Crippen molar-refractivity contribution < 1.29 is 13.9 Å². The van der Waals surface area contributed by atoms with Gasteiger partial charge in [-0.3, -0.25) is 4.79 Å². The fraction of sp³-hybridized carbons (Fsp3) is 0.214. The standard InChI is InChI=1S/C14H14FN3O2/c1-20-8-14(19)16-7-12-6-13(18-9-17-12)10-2-4-11(15)5-3-10/h2-6,9H,7-8H2,1H3,(H,16,19). The number of carbonyl (C=O) groups excluding carboxylic acids is 1. The predicted molar refractivity (Wildman–Crippen MR) is 71.1 cm³/mol. The van der Waals surface area contributed by atoms with E-state index >= 15 is 0 Å². The average Bonchev–Trinajstić information content (AvgIpc) is 2.47. The molecule has 0 saturated heterocycles.